The number of aromatic hydroxyl groups is 1. The van der Waals surface area contributed by atoms with Gasteiger partial charge in [0.05, 0.1) is 0 Å². The fourth-order valence-electron chi connectivity index (χ4n) is 0.960. The van der Waals surface area contributed by atoms with Gasteiger partial charge in [0.2, 0.25) is 17.3 Å². The van der Waals surface area contributed by atoms with Crippen molar-refractivity contribution in [2.45, 2.75) is 19.2 Å². The molecule has 0 saturated carbocycles. The second-order valence-corrected chi connectivity index (χ2v) is 2.88. The molecule has 1 atom stereocenters. The van der Waals surface area contributed by atoms with E-state index in [1.165, 1.54) is 6.92 Å². The minimum absolute atomic E-state index is 0.129. The third kappa shape index (κ3) is 2.30. The molecular weight excluding hydrogens is 217 g/mol. The molecule has 0 radical (unpaired) electrons. The number of halogens is 3. The molecule has 0 amide bonds. The molecule has 0 spiro atoms. The van der Waals surface area contributed by atoms with Crippen molar-refractivity contribution < 1.29 is 27.8 Å². The highest BCUT2D eigenvalue weighted by molar-refractivity contribution is 5.26. The van der Waals surface area contributed by atoms with Crippen LogP contribution in [0.25, 0.3) is 0 Å². The lowest BCUT2D eigenvalue weighted by Gasteiger charge is -2.14. The van der Waals surface area contributed by atoms with Crippen molar-refractivity contribution >= 4 is 0 Å². The average molecular weight is 224 g/mol. The van der Waals surface area contributed by atoms with Gasteiger partial charge in [-0.3, -0.25) is 4.79 Å². The maximum absolute atomic E-state index is 12.1. The Kier molecular flexibility index (Phi) is 2.76. The van der Waals surface area contributed by atoms with Crippen LogP contribution in [0.1, 0.15) is 17.6 Å². The van der Waals surface area contributed by atoms with Crippen molar-refractivity contribution in [1.29, 1.82) is 0 Å². The van der Waals surface area contributed by atoms with Crippen LogP contribution in [-0.2, 0) is 0 Å². The molecule has 1 aromatic heterocycles. The molecule has 1 rings (SSSR count). The SMILES string of the molecule is Cc1cc(=O)c(O)c(C(O)C(F)(F)F)o1. The molecule has 1 unspecified atom stereocenters. The second kappa shape index (κ2) is 3.58. The van der Waals surface area contributed by atoms with Crippen LogP contribution in [0.3, 0.4) is 0 Å². The first-order valence-electron chi connectivity index (χ1n) is 3.82. The van der Waals surface area contributed by atoms with Gasteiger partial charge < -0.3 is 14.6 Å². The van der Waals surface area contributed by atoms with Gasteiger partial charge in [0.15, 0.2) is 5.76 Å². The highest BCUT2D eigenvalue weighted by Gasteiger charge is 2.43. The summed E-state index contributed by atoms with van der Waals surface area (Å²) in [5, 5.41) is 17.8. The predicted octanol–water partition coefficient (Wildman–Crippen LogP) is 1.25. The molecule has 0 aromatic carbocycles. The van der Waals surface area contributed by atoms with E-state index in [4.69, 9.17) is 10.2 Å². The molecule has 0 aliphatic rings. The summed E-state index contributed by atoms with van der Waals surface area (Å²) in [4.78, 5) is 10.9. The molecule has 2 N–H and O–H groups in total. The summed E-state index contributed by atoms with van der Waals surface area (Å²) in [5.41, 5.74) is -1.03. The van der Waals surface area contributed by atoms with Crippen LogP contribution in [0.4, 0.5) is 13.2 Å². The van der Waals surface area contributed by atoms with Crippen molar-refractivity contribution in [2.75, 3.05) is 0 Å². The molecule has 0 bridgehead atoms. The fourth-order valence-corrected chi connectivity index (χ4v) is 0.960. The molecule has 0 aliphatic heterocycles. The van der Waals surface area contributed by atoms with Crippen LogP contribution in [0.15, 0.2) is 15.3 Å². The second-order valence-electron chi connectivity index (χ2n) is 2.88. The minimum Gasteiger partial charge on any atom is -0.502 e. The quantitative estimate of drug-likeness (QED) is 0.753. The van der Waals surface area contributed by atoms with E-state index in [2.05, 4.69) is 4.42 Å². The first-order chi connectivity index (χ1) is 6.73. The zero-order valence-corrected chi connectivity index (χ0v) is 7.50. The van der Waals surface area contributed by atoms with Gasteiger partial charge in [0.1, 0.15) is 5.76 Å². The fraction of sp³-hybridized carbons (Fsp3) is 0.375. The van der Waals surface area contributed by atoms with Crippen molar-refractivity contribution in [3.05, 3.63) is 27.8 Å². The highest BCUT2D eigenvalue weighted by Crippen LogP contribution is 2.35. The molecule has 15 heavy (non-hydrogen) atoms. The lowest BCUT2D eigenvalue weighted by molar-refractivity contribution is -0.212. The van der Waals surface area contributed by atoms with Gasteiger partial charge in [-0.25, -0.2) is 0 Å². The number of aliphatic hydroxyl groups excluding tert-OH is 1. The van der Waals surface area contributed by atoms with Crippen molar-refractivity contribution in [3.8, 4) is 5.75 Å². The summed E-state index contributed by atoms with van der Waals surface area (Å²) in [7, 11) is 0. The summed E-state index contributed by atoms with van der Waals surface area (Å²) in [5.74, 6) is -2.55. The number of hydrogen-bond acceptors (Lipinski definition) is 4. The van der Waals surface area contributed by atoms with E-state index >= 15 is 0 Å². The Hall–Kier alpha value is -1.50. The van der Waals surface area contributed by atoms with Crippen LogP contribution in [0.5, 0.6) is 5.75 Å². The lowest BCUT2D eigenvalue weighted by atomic mass is 10.2. The van der Waals surface area contributed by atoms with E-state index in [9.17, 15) is 18.0 Å². The molecule has 0 fully saturated rings. The minimum atomic E-state index is -5.00. The Morgan fingerprint density at radius 1 is 1.47 bits per heavy atom. The standard InChI is InChI=1S/C8H7F3O4/c1-3-2-4(12)5(13)6(15-3)7(14)8(9,10)11/h2,7,13-14H,1H3. The van der Waals surface area contributed by atoms with E-state index < -0.39 is 29.2 Å². The van der Waals surface area contributed by atoms with E-state index in [0.29, 0.717) is 0 Å². The van der Waals surface area contributed by atoms with Gasteiger partial charge in [-0.2, -0.15) is 13.2 Å². The molecule has 84 valence electrons. The van der Waals surface area contributed by atoms with Crippen LogP contribution >= 0.6 is 0 Å². The Labute approximate surface area is 81.6 Å². The zero-order chi connectivity index (χ0) is 11.8. The Bertz CT molecular complexity index is 421. The highest BCUT2D eigenvalue weighted by atomic mass is 19.4. The molecule has 0 aliphatic carbocycles. The number of alkyl halides is 3. The molecular formula is C8H7F3O4. The van der Waals surface area contributed by atoms with E-state index in [1.807, 2.05) is 0 Å². The van der Waals surface area contributed by atoms with Gasteiger partial charge in [0.25, 0.3) is 0 Å². The van der Waals surface area contributed by atoms with Gasteiger partial charge in [-0.15, -0.1) is 0 Å². The van der Waals surface area contributed by atoms with Crippen LogP contribution in [0, 0.1) is 6.92 Å². The molecule has 7 heteroatoms. The molecule has 0 saturated heterocycles. The van der Waals surface area contributed by atoms with Crippen LogP contribution in [-0.4, -0.2) is 16.4 Å². The average Bonchev–Trinajstić information content (AvgIpc) is 2.08. The monoisotopic (exact) mass is 224 g/mol. The van der Waals surface area contributed by atoms with Crippen LogP contribution in [0.2, 0.25) is 0 Å². The first kappa shape index (κ1) is 11.6. The molecule has 4 nitrogen and oxygen atoms in total. The predicted molar refractivity (Wildman–Crippen MR) is 42.4 cm³/mol. The normalized spacial score (nSPS) is 13.9. The zero-order valence-electron chi connectivity index (χ0n) is 7.50. The van der Waals surface area contributed by atoms with Gasteiger partial charge in [-0.05, 0) is 6.92 Å². The summed E-state index contributed by atoms with van der Waals surface area (Å²) in [6.45, 7) is 1.23. The first-order valence-corrected chi connectivity index (χ1v) is 3.82. The van der Waals surface area contributed by atoms with Crippen LogP contribution < -0.4 is 5.43 Å². The van der Waals surface area contributed by atoms with Crippen molar-refractivity contribution in [2.24, 2.45) is 0 Å². The topological polar surface area (TPSA) is 70.7 Å². The molecule has 1 heterocycles. The summed E-state index contributed by atoms with van der Waals surface area (Å²) < 4.78 is 40.6. The van der Waals surface area contributed by atoms with Crippen molar-refractivity contribution in [3.63, 3.8) is 0 Å². The summed E-state index contributed by atoms with van der Waals surface area (Å²) in [6.07, 6.45) is -8.01. The van der Waals surface area contributed by atoms with E-state index in [0.717, 1.165) is 6.07 Å². The van der Waals surface area contributed by atoms with Gasteiger partial charge >= 0.3 is 6.18 Å². The number of rotatable bonds is 1. The Morgan fingerprint density at radius 2 is 2.00 bits per heavy atom. The number of hydrogen-bond donors (Lipinski definition) is 2. The summed E-state index contributed by atoms with van der Waals surface area (Å²) >= 11 is 0. The maximum Gasteiger partial charge on any atom is 0.421 e. The third-order valence-corrected chi connectivity index (χ3v) is 1.63. The molecule has 1 aromatic rings. The van der Waals surface area contributed by atoms with E-state index in [1.54, 1.807) is 0 Å². The van der Waals surface area contributed by atoms with Gasteiger partial charge in [0, 0.05) is 6.07 Å². The maximum atomic E-state index is 12.1. The Balaban J connectivity index is 3.32. The lowest BCUT2D eigenvalue weighted by Crippen LogP contribution is -2.22. The van der Waals surface area contributed by atoms with Crippen molar-refractivity contribution in [1.82, 2.24) is 0 Å². The smallest absolute Gasteiger partial charge is 0.421 e. The number of aryl methyl sites for hydroxylation is 1. The third-order valence-electron chi connectivity index (χ3n) is 1.63. The van der Waals surface area contributed by atoms with E-state index in [-0.39, 0.29) is 5.76 Å². The van der Waals surface area contributed by atoms with Gasteiger partial charge in [-0.1, -0.05) is 0 Å². The summed E-state index contributed by atoms with van der Waals surface area (Å²) in [6, 6.07) is 0.821. The number of aliphatic hydroxyl groups is 1. The Morgan fingerprint density at radius 3 is 2.47 bits per heavy atom. The largest absolute Gasteiger partial charge is 0.502 e.